The van der Waals surface area contributed by atoms with E-state index in [1.54, 1.807) is 11.5 Å². The van der Waals surface area contributed by atoms with Crippen LogP contribution in [0.3, 0.4) is 0 Å². The van der Waals surface area contributed by atoms with Gasteiger partial charge in [0, 0.05) is 11.1 Å². The number of carbonyl (C=O) groups excluding carboxylic acids is 1. The summed E-state index contributed by atoms with van der Waals surface area (Å²) in [7, 11) is 0. The van der Waals surface area contributed by atoms with Crippen molar-refractivity contribution in [1.29, 1.82) is 0 Å². The monoisotopic (exact) mass is 428 g/mol. The Kier molecular flexibility index (Phi) is 4.78. The smallest absolute Gasteiger partial charge is 0.278 e. The molecule has 0 bridgehead atoms. The number of hydrogen-bond donors (Lipinski definition) is 1. The first kappa shape index (κ1) is 19.7. The number of aromatic nitrogens is 5. The Morgan fingerprint density at radius 2 is 1.97 bits per heavy atom. The molecule has 0 radical (unpaired) electrons. The Bertz CT molecular complexity index is 1530. The first-order valence-electron chi connectivity index (χ1n) is 10.1. The van der Waals surface area contributed by atoms with E-state index in [1.807, 2.05) is 55.5 Å². The minimum Gasteiger partial charge on any atom is -0.337 e. The van der Waals surface area contributed by atoms with E-state index < -0.39 is 0 Å². The molecule has 3 heterocycles. The lowest BCUT2D eigenvalue weighted by molar-refractivity contribution is -0.116. The van der Waals surface area contributed by atoms with Gasteiger partial charge in [0.1, 0.15) is 24.1 Å². The SMILES string of the molecule is Cc1cccc(NC(=O)Cn2c3ccccc3c3ncn(Cc4nc(C)no4)c(=O)c32)c1. The highest BCUT2D eigenvalue weighted by Gasteiger charge is 2.19. The van der Waals surface area contributed by atoms with Crippen LogP contribution in [0.4, 0.5) is 5.69 Å². The molecule has 0 unspecified atom stereocenters. The van der Waals surface area contributed by atoms with Crippen molar-refractivity contribution in [2.24, 2.45) is 0 Å². The van der Waals surface area contributed by atoms with Gasteiger partial charge in [-0.3, -0.25) is 14.2 Å². The van der Waals surface area contributed by atoms with Crippen molar-refractivity contribution in [3.8, 4) is 0 Å². The van der Waals surface area contributed by atoms with Gasteiger partial charge in [-0.1, -0.05) is 35.5 Å². The molecule has 0 saturated heterocycles. The zero-order chi connectivity index (χ0) is 22.2. The third-order valence-electron chi connectivity index (χ3n) is 5.21. The van der Waals surface area contributed by atoms with Crippen molar-refractivity contribution < 1.29 is 9.32 Å². The number of carbonyl (C=O) groups is 1. The van der Waals surface area contributed by atoms with Gasteiger partial charge in [-0.2, -0.15) is 4.98 Å². The van der Waals surface area contributed by atoms with Gasteiger partial charge in [-0.15, -0.1) is 0 Å². The van der Waals surface area contributed by atoms with Gasteiger partial charge in [-0.25, -0.2) is 4.98 Å². The molecule has 0 spiro atoms. The molecule has 0 saturated carbocycles. The number of anilines is 1. The number of hydrogen-bond acceptors (Lipinski definition) is 6. The van der Waals surface area contributed by atoms with Crippen molar-refractivity contribution in [1.82, 2.24) is 24.3 Å². The zero-order valence-electron chi connectivity index (χ0n) is 17.6. The standard InChI is InChI=1S/C23H20N6O3/c1-14-6-5-7-16(10-14)26-19(30)11-29-18-9-4-3-8-17(18)21-22(29)23(31)28(13-24-21)12-20-25-15(2)27-32-20/h3-10,13H,11-12H2,1-2H3,(H,26,30). The average Bonchev–Trinajstić information content (AvgIpc) is 3.32. The van der Waals surface area contributed by atoms with Crippen LogP contribution in [-0.2, 0) is 17.9 Å². The van der Waals surface area contributed by atoms with Gasteiger partial charge in [0.25, 0.3) is 5.56 Å². The number of para-hydroxylation sites is 1. The van der Waals surface area contributed by atoms with E-state index in [4.69, 9.17) is 4.52 Å². The maximum Gasteiger partial charge on any atom is 0.278 e. The normalized spacial score (nSPS) is 11.3. The highest BCUT2D eigenvalue weighted by atomic mass is 16.5. The van der Waals surface area contributed by atoms with E-state index in [0.717, 1.165) is 16.5 Å². The van der Waals surface area contributed by atoms with Crippen LogP contribution in [0.5, 0.6) is 0 Å². The van der Waals surface area contributed by atoms with Crippen molar-refractivity contribution in [3.63, 3.8) is 0 Å². The number of rotatable bonds is 5. The summed E-state index contributed by atoms with van der Waals surface area (Å²) in [4.78, 5) is 34.9. The van der Waals surface area contributed by atoms with Crippen LogP contribution >= 0.6 is 0 Å². The summed E-state index contributed by atoms with van der Waals surface area (Å²) in [5.41, 5.74) is 3.13. The Balaban J connectivity index is 1.58. The lowest BCUT2D eigenvalue weighted by Crippen LogP contribution is -2.25. The number of nitrogens with zero attached hydrogens (tertiary/aromatic N) is 5. The number of fused-ring (bicyclic) bond motifs is 3. The highest BCUT2D eigenvalue weighted by molar-refractivity contribution is 6.06. The largest absolute Gasteiger partial charge is 0.337 e. The van der Waals surface area contributed by atoms with Crippen LogP contribution in [0.2, 0.25) is 0 Å². The molecular weight excluding hydrogens is 408 g/mol. The number of amides is 1. The van der Waals surface area contributed by atoms with Gasteiger partial charge in [0.05, 0.1) is 11.8 Å². The van der Waals surface area contributed by atoms with Crippen molar-refractivity contribution >= 4 is 33.5 Å². The van der Waals surface area contributed by atoms with Gasteiger partial charge in [0.15, 0.2) is 5.82 Å². The minimum atomic E-state index is -0.287. The second kappa shape index (κ2) is 7.77. The molecule has 1 N–H and O–H groups in total. The van der Waals surface area contributed by atoms with Crippen molar-refractivity contribution in [2.75, 3.05) is 5.32 Å². The van der Waals surface area contributed by atoms with E-state index >= 15 is 0 Å². The molecule has 9 heteroatoms. The minimum absolute atomic E-state index is 0.0292. The lowest BCUT2D eigenvalue weighted by atomic mass is 10.2. The highest BCUT2D eigenvalue weighted by Crippen LogP contribution is 2.25. The fourth-order valence-electron chi connectivity index (χ4n) is 3.84. The second-order valence-electron chi connectivity index (χ2n) is 7.63. The van der Waals surface area contributed by atoms with Crippen molar-refractivity contribution in [2.45, 2.75) is 26.9 Å². The fraction of sp³-hybridized carbons (Fsp3) is 0.174. The van der Waals surface area contributed by atoms with Crippen LogP contribution in [0, 0.1) is 13.8 Å². The quantitative estimate of drug-likeness (QED) is 0.461. The third-order valence-corrected chi connectivity index (χ3v) is 5.21. The molecule has 1 amide bonds. The van der Waals surface area contributed by atoms with E-state index in [9.17, 15) is 9.59 Å². The molecule has 32 heavy (non-hydrogen) atoms. The van der Waals surface area contributed by atoms with E-state index in [2.05, 4.69) is 20.4 Å². The number of aryl methyl sites for hydroxylation is 2. The zero-order valence-corrected chi connectivity index (χ0v) is 17.6. The fourth-order valence-corrected chi connectivity index (χ4v) is 3.84. The molecule has 5 aromatic rings. The summed E-state index contributed by atoms with van der Waals surface area (Å²) in [6, 6.07) is 15.1. The topological polar surface area (TPSA) is 108 Å². The second-order valence-corrected chi connectivity index (χ2v) is 7.63. The molecule has 5 rings (SSSR count). The van der Waals surface area contributed by atoms with Crippen molar-refractivity contribution in [3.05, 3.63) is 82.5 Å². The summed E-state index contributed by atoms with van der Waals surface area (Å²) < 4.78 is 8.26. The number of benzene rings is 2. The van der Waals surface area contributed by atoms with Gasteiger partial charge in [0.2, 0.25) is 11.8 Å². The summed E-state index contributed by atoms with van der Waals surface area (Å²) in [5.74, 6) is 0.565. The van der Waals surface area contributed by atoms with Gasteiger partial charge >= 0.3 is 0 Å². The number of nitrogens with one attached hydrogen (secondary N) is 1. The first-order chi connectivity index (χ1) is 15.5. The van der Waals surface area contributed by atoms with E-state index in [1.165, 1.54) is 10.9 Å². The van der Waals surface area contributed by atoms with E-state index in [0.29, 0.717) is 28.4 Å². The molecule has 0 aliphatic carbocycles. The Hall–Kier alpha value is -4.27. The van der Waals surface area contributed by atoms with Gasteiger partial charge in [-0.05, 0) is 37.6 Å². The average molecular weight is 428 g/mol. The molecule has 160 valence electrons. The molecule has 0 atom stereocenters. The van der Waals surface area contributed by atoms with Crippen LogP contribution in [0.15, 0.2) is 64.2 Å². The Labute approximate surface area is 182 Å². The molecule has 0 fully saturated rings. The van der Waals surface area contributed by atoms with Crippen LogP contribution in [0.1, 0.15) is 17.3 Å². The molecule has 9 nitrogen and oxygen atoms in total. The Morgan fingerprint density at radius 1 is 1.12 bits per heavy atom. The Morgan fingerprint density at radius 3 is 2.75 bits per heavy atom. The van der Waals surface area contributed by atoms with E-state index in [-0.39, 0.29) is 24.6 Å². The van der Waals surface area contributed by atoms with Crippen LogP contribution in [-0.4, -0.2) is 30.2 Å². The molecule has 2 aromatic carbocycles. The maximum atomic E-state index is 13.4. The summed E-state index contributed by atoms with van der Waals surface area (Å²) in [6.07, 6.45) is 1.47. The predicted molar refractivity (Wildman–Crippen MR) is 119 cm³/mol. The first-order valence-corrected chi connectivity index (χ1v) is 10.1. The maximum absolute atomic E-state index is 13.4. The molecular formula is C23H20N6O3. The molecule has 0 aliphatic rings. The predicted octanol–water partition coefficient (Wildman–Crippen LogP) is 3.04. The molecule has 3 aromatic heterocycles. The lowest BCUT2D eigenvalue weighted by Gasteiger charge is -2.09. The molecule has 0 aliphatic heterocycles. The summed E-state index contributed by atoms with van der Waals surface area (Å²) in [6.45, 7) is 3.74. The van der Waals surface area contributed by atoms with Gasteiger partial charge < -0.3 is 14.4 Å². The van der Waals surface area contributed by atoms with Crippen LogP contribution in [0.25, 0.3) is 21.9 Å². The summed E-state index contributed by atoms with van der Waals surface area (Å²) >= 11 is 0. The third kappa shape index (κ3) is 3.53. The summed E-state index contributed by atoms with van der Waals surface area (Å²) in [5, 5.41) is 7.48. The van der Waals surface area contributed by atoms with Crippen LogP contribution < -0.4 is 10.9 Å².